The summed E-state index contributed by atoms with van der Waals surface area (Å²) < 4.78 is 0. The van der Waals surface area contributed by atoms with Gasteiger partial charge in [-0.05, 0) is 42.7 Å². The molecule has 1 nitrogen and oxygen atoms in total. The first-order chi connectivity index (χ1) is 8.70. The van der Waals surface area contributed by atoms with Gasteiger partial charge >= 0.3 is 0 Å². The molecule has 0 spiro atoms. The van der Waals surface area contributed by atoms with Gasteiger partial charge in [0, 0.05) is 27.9 Å². The Morgan fingerprint density at radius 1 is 1.44 bits per heavy atom. The summed E-state index contributed by atoms with van der Waals surface area (Å²) in [6.45, 7) is 2.19. The minimum absolute atomic E-state index is 0.332. The van der Waals surface area contributed by atoms with Crippen LogP contribution in [0.3, 0.4) is 0 Å². The van der Waals surface area contributed by atoms with Gasteiger partial charge in [-0.3, -0.25) is 0 Å². The molecule has 100 valence electrons. The molecule has 1 N–H and O–H groups in total. The fraction of sp³-hybridized carbons (Fsp3) is 0.571. The van der Waals surface area contributed by atoms with Gasteiger partial charge in [-0.1, -0.05) is 36.2 Å². The molecule has 1 saturated heterocycles. The van der Waals surface area contributed by atoms with Crippen molar-refractivity contribution in [2.24, 2.45) is 0 Å². The van der Waals surface area contributed by atoms with E-state index in [0.29, 0.717) is 17.1 Å². The Hall–Kier alpha value is 0.110. The summed E-state index contributed by atoms with van der Waals surface area (Å²) in [6, 6.07) is 6.74. The number of rotatable bonds is 4. The lowest BCUT2D eigenvalue weighted by Crippen LogP contribution is -2.36. The molecule has 0 amide bonds. The second-order valence-corrected chi connectivity index (χ2v) is 6.70. The lowest BCUT2D eigenvalue weighted by Gasteiger charge is -2.28. The highest BCUT2D eigenvalue weighted by Gasteiger charge is 2.19. The molecule has 1 heterocycles. The highest BCUT2D eigenvalue weighted by atomic mass is 35.5. The zero-order valence-corrected chi connectivity index (χ0v) is 12.9. The van der Waals surface area contributed by atoms with E-state index in [1.807, 2.05) is 30.0 Å². The maximum absolute atomic E-state index is 6.29. The molecule has 2 rings (SSSR count). The predicted octanol–water partition coefficient (Wildman–Crippen LogP) is 4.93. The molecule has 1 aliphatic rings. The van der Waals surface area contributed by atoms with Crippen LogP contribution in [0.5, 0.6) is 0 Å². The monoisotopic (exact) mass is 303 g/mol. The molecule has 0 bridgehead atoms. The molecular formula is C14H19Cl2NS. The van der Waals surface area contributed by atoms with Crippen molar-refractivity contribution in [3.63, 3.8) is 0 Å². The van der Waals surface area contributed by atoms with E-state index in [2.05, 4.69) is 12.2 Å². The van der Waals surface area contributed by atoms with Crippen molar-refractivity contribution in [2.75, 3.05) is 11.5 Å². The van der Waals surface area contributed by atoms with Crippen molar-refractivity contribution in [3.8, 4) is 0 Å². The normalized spacial score (nSPS) is 21.8. The van der Waals surface area contributed by atoms with Crippen LogP contribution < -0.4 is 5.32 Å². The van der Waals surface area contributed by atoms with Crippen LogP contribution in [0.15, 0.2) is 18.2 Å². The van der Waals surface area contributed by atoms with Crippen LogP contribution in [0.4, 0.5) is 0 Å². The molecule has 0 radical (unpaired) electrons. The van der Waals surface area contributed by atoms with Crippen LogP contribution in [0.1, 0.15) is 37.8 Å². The zero-order chi connectivity index (χ0) is 13.0. The second-order valence-electron chi connectivity index (χ2n) is 4.71. The standard InChI is InChI=1S/C14H19Cl2NS/c1-2-14(17-11-4-3-7-18-9-11)12-6-5-10(15)8-13(12)16/h5-6,8,11,14,17H,2-4,7,9H2,1H3. The maximum atomic E-state index is 6.29. The van der Waals surface area contributed by atoms with Gasteiger partial charge in [0.1, 0.15) is 0 Å². The van der Waals surface area contributed by atoms with E-state index in [0.717, 1.165) is 11.4 Å². The Kier molecular flexibility index (Phi) is 5.68. The molecule has 1 aromatic carbocycles. The van der Waals surface area contributed by atoms with Gasteiger partial charge in [-0.25, -0.2) is 0 Å². The first-order valence-electron chi connectivity index (χ1n) is 6.49. The fourth-order valence-corrected chi connectivity index (χ4v) is 3.99. The Balaban J connectivity index is 2.07. The Morgan fingerprint density at radius 2 is 2.28 bits per heavy atom. The smallest absolute Gasteiger partial charge is 0.0468 e. The van der Waals surface area contributed by atoms with E-state index in [1.54, 1.807) is 0 Å². The topological polar surface area (TPSA) is 12.0 Å². The van der Waals surface area contributed by atoms with Crippen molar-refractivity contribution in [1.29, 1.82) is 0 Å². The molecule has 1 fully saturated rings. The summed E-state index contributed by atoms with van der Waals surface area (Å²) in [4.78, 5) is 0. The zero-order valence-electron chi connectivity index (χ0n) is 10.6. The van der Waals surface area contributed by atoms with Crippen LogP contribution in [0.25, 0.3) is 0 Å². The van der Waals surface area contributed by atoms with Crippen LogP contribution in [0.2, 0.25) is 10.0 Å². The van der Waals surface area contributed by atoms with Crippen LogP contribution in [0, 0.1) is 0 Å². The number of hydrogen-bond acceptors (Lipinski definition) is 2. The molecule has 0 aromatic heterocycles. The molecule has 4 heteroatoms. The van der Waals surface area contributed by atoms with Crippen molar-refractivity contribution >= 4 is 35.0 Å². The second kappa shape index (κ2) is 7.04. The van der Waals surface area contributed by atoms with Gasteiger partial charge in [0.15, 0.2) is 0 Å². The Morgan fingerprint density at radius 3 is 2.89 bits per heavy atom. The molecular weight excluding hydrogens is 285 g/mol. The molecule has 0 aliphatic carbocycles. The summed E-state index contributed by atoms with van der Waals surface area (Å²) in [5.74, 6) is 2.51. The maximum Gasteiger partial charge on any atom is 0.0468 e. The van der Waals surface area contributed by atoms with Crippen molar-refractivity contribution in [3.05, 3.63) is 33.8 Å². The minimum atomic E-state index is 0.332. The molecule has 0 saturated carbocycles. The fourth-order valence-electron chi connectivity index (χ4n) is 2.37. The lowest BCUT2D eigenvalue weighted by molar-refractivity contribution is 0.425. The quantitative estimate of drug-likeness (QED) is 0.846. The predicted molar refractivity (Wildman–Crippen MR) is 83.0 cm³/mol. The Bertz CT molecular complexity index is 391. The summed E-state index contributed by atoms with van der Waals surface area (Å²) in [5, 5.41) is 5.20. The van der Waals surface area contributed by atoms with Gasteiger partial charge in [0.25, 0.3) is 0 Å². The third-order valence-corrected chi connectivity index (χ3v) is 5.12. The number of benzene rings is 1. The van der Waals surface area contributed by atoms with Crippen molar-refractivity contribution in [2.45, 2.75) is 38.3 Å². The first-order valence-corrected chi connectivity index (χ1v) is 8.40. The number of thioether (sulfide) groups is 1. The molecule has 2 unspecified atom stereocenters. The lowest BCUT2D eigenvalue weighted by atomic mass is 10.0. The van der Waals surface area contributed by atoms with E-state index < -0.39 is 0 Å². The average molecular weight is 304 g/mol. The molecule has 1 aliphatic heterocycles. The highest BCUT2D eigenvalue weighted by molar-refractivity contribution is 7.99. The van der Waals surface area contributed by atoms with Crippen LogP contribution >= 0.6 is 35.0 Å². The SMILES string of the molecule is CCC(NC1CCCSC1)c1ccc(Cl)cc1Cl. The van der Waals surface area contributed by atoms with Gasteiger partial charge in [0.05, 0.1) is 0 Å². The molecule has 18 heavy (non-hydrogen) atoms. The first kappa shape index (κ1) is 14.5. The number of halogens is 2. The van der Waals surface area contributed by atoms with E-state index in [4.69, 9.17) is 23.2 Å². The van der Waals surface area contributed by atoms with Crippen LogP contribution in [-0.2, 0) is 0 Å². The average Bonchev–Trinajstić information content (AvgIpc) is 2.38. The van der Waals surface area contributed by atoms with Crippen LogP contribution in [-0.4, -0.2) is 17.5 Å². The number of hydrogen-bond donors (Lipinski definition) is 1. The minimum Gasteiger partial charge on any atom is -0.306 e. The van der Waals surface area contributed by atoms with E-state index in [1.165, 1.54) is 29.9 Å². The summed E-state index contributed by atoms with van der Waals surface area (Å²) in [5.41, 5.74) is 1.17. The number of nitrogens with one attached hydrogen (secondary N) is 1. The largest absolute Gasteiger partial charge is 0.306 e. The molecule has 2 atom stereocenters. The van der Waals surface area contributed by atoms with Gasteiger partial charge in [-0.2, -0.15) is 11.8 Å². The summed E-state index contributed by atoms with van der Waals surface area (Å²) >= 11 is 14.3. The van der Waals surface area contributed by atoms with Gasteiger partial charge < -0.3 is 5.32 Å². The molecule has 1 aromatic rings. The van der Waals surface area contributed by atoms with E-state index >= 15 is 0 Å². The van der Waals surface area contributed by atoms with E-state index in [-0.39, 0.29) is 0 Å². The third kappa shape index (κ3) is 3.80. The van der Waals surface area contributed by atoms with E-state index in [9.17, 15) is 0 Å². The summed E-state index contributed by atoms with van der Waals surface area (Å²) in [7, 11) is 0. The van der Waals surface area contributed by atoms with Gasteiger partial charge in [-0.15, -0.1) is 0 Å². The van der Waals surface area contributed by atoms with Gasteiger partial charge in [0.2, 0.25) is 0 Å². The third-order valence-electron chi connectivity index (χ3n) is 3.34. The van der Waals surface area contributed by atoms with Crippen molar-refractivity contribution in [1.82, 2.24) is 5.32 Å². The van der Waals surface area contributed by atoms with Crippen molar-refractivity contribution < 1.29 is 0 Å². The summed E-state index contributed by atoms with van der Waals surface area (Å²) in [6.07, 6.45) is 3.63. The highest BCUT2D eigenvalue weighted by Crippen LogP contribution is 2.29. The Labute approximate surface area is 124 Å².